The number of rotatable bonds is 7. The lowest BCUT2D eigenvalue weighted by atomic mass is 9.98. The summed E-state index contributed by atoms with van der Waals surface area (Å²) in [5.74, 6) is 0. The van der Waals surface area contributed by atoms with E-state index in [0.29, 0.717) is 29.4 Å². The van der Waals surface area contributed by atoms with Crippen LogP contribution in [0.3, 0.4) is 0 Å². The normalized spacial score (nSPS) is 16.1. The van der Waals surface area contributed by atoms with E-state index < -0.39 is 0 Å². The molecule has 0 atom stereocenters. The number of halogens is 1. The van der Waals surface area contributed by atoms with Crippen LogP contribution in [0, 0.1) is 0 Å². The number of ether oxygens (including phenoxy) is 1. The molecule has 0 unspecified atom stereocenters. The summed E-state index contributed by atoms with van der Waals surface area (Å²) in [7, 11) is 0. The Bertz CT molecular complexity index is 501. The van der Waals surface area contributed by atoms with Crippen LogP contribution >= 0.6 is 15.9 Å². The second kappa shape index (κ2) is 8.51. The van der Waals surface area contributed by atoms with E-state index in [9.17, 15) is 4.79 Å². The van der Waals surface area contributed by atoms with Crippen LogP contribution in [-0.4, -0.2) is 40.7 Å². The van der Waals surface area contributed by atoms with Gasteiger partial charge in [-0.05, 0) is 28.8 Å². The fourth-order valence-corrected chi connectivity index (χ4v) is 2.93. The van der Waals surface area contributed by atoms with Gasteiger partial charge in [-0.1, -0.05) is 19.3 Å². The standard InChI is InChI=1S/C14H22BrN3O3/c15-13-12(10-17-18(7-8-19)14(13)20)16-6-9-21-11-4-2-1-3-5-11/h10-11,16,19H,1-9H2. The molecule has 2 N–H and O–H groups in total. The van der Waals surface area contributed by atoms with E-state index in [-0.39, 0.29) is 18.7 Å². The van der Waals surface area contributed by atoms with E-state index in [0.717, 1.165) is 12.8 Å². The molecule has 0 spiro atoms. The van der Waals surface area contributed by atoms with Gasteiger partial charge < -0.3 is 15.2 Å². The molecule has 1 aliphatic rings. The van der Waals surface area contributed by atoms with Gasteiger partial charge in [-0.15, -0.1) is 0 Å². The number of hydrogen-bond donors (Lipinski definition) is 2. The SMILES string of the molecule is O=c1c(Br)c(NCCOC2CCCCC2)cnn1CCO. The number of nitrogens with one attached hydrogen (secondary N) is 1. The fourth-order valence-electron chi connectivity index (χ4n) is 2.49. The Morgan fingerprint density at radius 3 is 2.90 bits per heavy atom. The maximum absolute atomic E-state index is 11.9. The molecule has 0 saturated heterocycles. The summed E-state index contributed by atoms with van der Waals surface area (Å²) < 4.78 is 7.49. The molecular formula is C14H22BrN3O3. The molecule has 0 amide bonds. The summed E-state index contributed by atoms with van der Waals surface area (Å²) in [6.07, 6.45) is 8.13. The van der Waals surface area contributed by atoms with Crippen molar-refractivity contribution in [2.24, 2.45) is 0 Å². The van der Waals surface area contributed by atoms with Crippen LogP contribution in [0.25, 0.3) is 0 Å². The number of aliphatic hydroxyl groups excluding tert-OH is 1. The van der Waals surface area contributed by atoms with E-state index in [1.165, 1.54) is 23.9 Å². The monoisotopic (exact) mass is 359 g/mol. The first kappa shape index (κ1) is 16.5. The summed E-state index contributed by atoms with van der Waals surface area (Å²) in [4.78, 5) is 11.9. The highest BCUT2D eigenvalue weighted by atomic mass is 79.9. The molecule has 0 radical (unpaired) electrons. The van der Waals surface area contributed by atoms with Crippen LogP contribution in [0.15, 0.2) is 15.5 Å². The first-order valence-electron chi connectivity index (χ1n) is 7.44. The molecule has 0 aliphatic heterocycles. The highest BCUT2D eigenvalue weighted by Crippen LogP contribution is 2.20. The van der Waals surface area contributed by atoms with Crippen molar-refractivity contribution in [1.82, 2.24) is 9.78 Å². The quantitative estimate of drug-likeness (QED) is 0.725. The van der Waals surface area contributed by atoms with Crippen molar-refractivity contribution in [1.29, 1.82) is 0 Å². The van der Waals surface area contributed by atoms with Gasteiger partial charge in [0.25, 0.3) is 5.56 Å². The predicted octanol–water partition coefficient (Wildman–Crippen LogP) is 1.76. The Hall–Kier alpha value is -0.920. The Labute approximate surface area is 132 Å². The van der Waals surface area contributed by atoms with Crippen LogP contribution < -0.4 is 10.9 Å². The minimum Gasteiger partial charge on any atom is -0.394 e. The van der Waals surface area contributed by atoms with Gasteiger partial charge in [0.05, 0.1) is 37.7 Å². The van der Waals surface area contributed by atoms with Gasteiger partial charge in [-0.3, -0.25) is 4.79 Å². The van der Waals surface area contributed by atoms with E-state index in [4.69, 9.17) is 9.84 Å². The topological polar surface area (TPSA) is 76.4 Å². The lowest BCUT2D eigenvalue weighted by molar-refractivity contribution is 0.0347. The number of hydrogen-bond acceptors (Lipinski definition) is 5. The Morgan fingerprint density at radius 2 is 2.19 bits per heavy atom. The molecule has 1 fully saturated rings. The zero-order chi connectivity index (χ0) is 15.1. The molecule has 0 aromatic carbocycles. The lowest BCUT2D eigenvalue weighted by Crippen LogP contribution is -2.26. The molecule has 21 heavy (non-hydrogen) atoms. The molecule has 118 valence electrons. The largest absolute Gasteiger partial charge is 0.394 e. The van der Waals surface area contributed by atoms with Gasteiger partial charge in [-0.2, -0.15) is 5.10 Å². The highest BCUT2D eigenvalue weighted by molar-refractivity contribution is 9.10. The maximum atomic E-state index is 11.9. The Morgan fingerprint density at radius 1 is 1.43 bits per heavy atom. The highest BCUT2D eigenvalue weighted by Gasteiger charge is 2.13. The Balaban J connectivity index is 1.80. The summed E-state index contributed by atoms with van der Waals surface area (Å²) in [6, 6.07) is 0. The van der Waals surface area contributed by atoms with Gasteiger partial charge in [0.2, 0.25) is 0 Å². The van der Waals surface area contributed by atoms with Gasteiger partial charge in [-0.25, -0.2) is 4.68 Å². The predicted molar refractivity (Wildman–Crippen MR) is 84.6 cm³/mol. The smallest absolute Gasteiger partial charge is 0.283 e. The summed E-state index contributed by atoms with van der Waals surface area (Å²) >= 11 is 3.27. The second-order valence-corrected chi connectivity index (χ2v) is 5.97. The number of nitrogens with zero attached hydrogens (tertiary/aromatic N) is 2. The molecule has 2 rings (SSSR count). The third-order valence-corrected chi connectivity index (χ3v) is 4.39. The van der Waals surface area contributed by atoms with Crippen molar-refractivity contribution < 1.29 is 9.84 Å². The first-order chi connectivity index (χ1) is 10.2. The van der Waals surface area contributed by atoms with E-state index in [1.807, 2.05) is 0 Å². The van der Waals surface area contributed by atoms with Crippen molar-refractivity contribution >= 4 is 21.6 Å². The molecule has 1 saturated carbocycles. The molecular weight excluding hydrogens is 338 g/mol. The molecule has 7 heteroatoms. The van der Waals surface area contributed by atoms with Crippen LogP contribution in [0.4, 0.5) is 5.69 Å². The first-order valence-corrected chi connectivity index (χ1v) is 8.23. The minimum atomic E-state index is -0.248. The van der Waals surface area contributed by atoms with Crippen molar-refractivity contribution in [3.63, 3.8) is 0 Å². The third-order valence-electron chi connectivity index (χ3n) is 3.62. The number of aromatic nitrogens is 2. The van der Waals surface area contributed by atoms with Crippen LogP contribution in [-0.2, 0) is 11.3 Å². The van der Waals surface area contributed by atoms with Crippen LogP contribution in [0.1, 0.15) is 32.1 Å². The molecule has 1 aliphatic carbocycles. The number of anilines is 1. The van der Waals surface area contributed by atoms with E-state index in [2.05, 4.69) is 26.3 Å². The average Bonchev–Trinajstić information content (AvgIpc) is 2.51. The molecule has 1 heterocycles. The summed E-state index contributed by atoms with van der Waals surface area (Å²) in [6.45, 7) is 1.35. The molecule has 6 nitrogen and oxygen atoms in total. The van der Waals surface area contributed by atoms with Crippen molar-refractivity contribution in [3.8, 4) is 0 Å². The van der Waals surface area contributed by atoms with Crippen LogP contribution in [0.2, 0.25) is 0 Å². The molecule has 0 bridgehead atoms. The second-order valence-electron chi connectivity index (χ2n) is 5.18. The van der Waals surface area contributed by atoms with Crippen molar-refractivity contribution in [2.75, 3.05) is 25.1 Å². The Kier molecular flexibility index (Phi) is 6.66. The van der Waals surface area contributed by atoms with E-state index >= 15 is 0 Å². The fraction of sp³-hybridized carbons (Fsp3) is 0.714. The summed E-state index contributed by atoms with van der Waals surface area (Å²) in [5, 5.41) is 16.0. The van der Waals surface area contributed by atoms with Gasteiger partial charge in [0.1, 0.15) is 4.47 Å². The lowest BCUT2D eigenvalue weighted by Gasteiger charge is -2.22. The number of aliphatic hydroxyl groups is 1. The average molecular weight is 360 g/mol. The van der Waals surface area contributed by atoms with Gasteiger partial charge >= 0.3 is 0 Å². The third kappa shape index (κ3) is 4.79. The summed E-state index contributed by atoms with van der Waals surface area (Å²) in [5.41, 5.74) is 0.406. The maximum Gasteiger partial charge on any atom is 0.283 e. The molecule has 1 aromatic heterocycles. The molecule has 1 aromatic rings. The zero-order valence-corrected chi connectivity index (χ0v) is 13.6. The van der Waals surface area contributed by atoms with Gasteiger partial charge in [0.15, 0.2) is 0 Å². The van der Waals surface area contributed by atoms with Crippen LogP contribution in [0.5, 0.6) is 0 Å². The minimum absolute atomic E-state index is 0.110. The van der Waals surface area contributed by atoms with Gasteiger partial charge in [0, 0.05) is 6.54 Å². The van der Waals surface area contributed by atoms with E-state index in [1.54, 1.807) is 6.20 Å². The zero-order valence-electron chi connectivity index (χ0n) is 12.1. The van der Waals surface area contributed by atoms with Crippen molar-refractivity contribution in [2.45, 2.75) is 44.8 Å². The van der Waals surface area contributed by atoms with Crippen molar-refractivity contribution in [3.05, 3.63) is 21.0 Å².